The molecule has 306 valence electrons. The molecule has 0 aromatic heterocycles. The highest BCUT2D eigenvalue weighted by Crippen LogP contribution is 2.36. The van der Waals surface area contributed by atoms with Crippen LogP contribution in [0.1, 0.15) is 106 Å². The maximum atomic E-state index is 11.4. The van der Waals surface area contributed by atoms with Gasteiger partial charge >= 0.3 is 11.9 Å². The predicted molar refractivity (Wildman–Crippen MR) is 225 cm³/mol. The normalized spacial score (nSPS) is 15.9. The van der Waals surface area contributed by atoms with Crippen LogP contribution < -0.4 is 9.64 Å². The number of benzene rings is 2. The van der Waals surface area contributed by atoms with Crippen molar-refractivity contribution in [1.29, 1.82) is 0 Å². The van der Waals surface area contributed by atoms with Crippen LogP contribution in [0.15, 0.2) is 121 Å². The third-order valence-electron chi connectivity index (χ3n) is 10.5. The fourth-order valence-electron chi connectivity index (χ4n) is 7.34. The Labute approximate surface area is 341 Å². The number of aliphatic carboxylic acids is 2. The summed E-state index contributed by atoms with van der Waals surface area (Å²) in [6, 6.07) is 12.1. The van der Waals surface area contributed by atoms with Crippen LogP contribution in [0.25, 0.3) is 11.5 Å². The molecule has 0 bridgehead atoms. The summed E-state index contributed by atoms with van der Waals surface area (Å²) in [5.74, 6) is 1.71. The van der Waals surface area contributed by atoms with Gasteiger partial charge in [-0.15, -0.1) is 0 Å². The molecular formula is C48H55NO9. The number of unbranched alkanes of at least 4 members (excludes halogenated alkanes) is 3. The van der Waals surface area contributed by atoms with E-state index in [1.165, 1.54) is 11.1 Å². The van der Waals surface area contributed by atoms with Crippen molar-refractivity contribution >= 4 is 29.1 Å². The first-order chi connectivity index (χ1) is 28.3. The van der Waals surface area contributed by atoms with Crippen LogP contribution in [-0.4, -0.2) is 42.4 Å². The maximum Gasteiger partial charge on any atom is 0.303 e. The van der Waals surface area contributed by atoms with E-state index in [2.05, 4.69) is 66.6 Å². The molecule has 0 saturated heterocycles. The number of rotatable bonds is 22. The van der Waals surface area contributed by atoms with Crippen LogP contribution in [0.2, 0.25) is 0 Å². The zero-order chi connectivity index (χ0) is 40.5. The Hall–Kier alpha value is -5.90. The van der Waals surface area contributed by atoms with Crippen molar-refractivity contribution in [3.63, 3.8) is 0 Å². The van der Waals surface area contributed by atoms with Crippen LogP contribution in [0.3, 0.4) is 0 Å². The van der Waals surface area contributed by atoms with Crippen molar-refractivity contribution in [1.82, 2.24) is 0 Å². The van der Waals surface area contributed by atoms with E-state index in [4.69, 9.17) is 28.8 Å². The Balaban J connectivity index is 1.09. The number of hydrogen-bond donors (Lipinski definition) is 2. The van der Waals surface area contributed by atoms with Crippen molar-refractivity contribution in [2.45, 2.75) is 96.3 Å². The van der Waals surface area contributed by atoms with Gasteiger partial charge in [0.2, 0.25) is 0 Å². The lowest BCUT2D eigenvalue weighted by atomic mass is 9.96. The Morgan fingerprint density at radius 2 is 1.34 bits per heavy atom. The van der Waals surface area contributed by atoms with E-state index < -0.39 is 11.9 Å². The van der Waals surface area contributed by atoms with Crippen LogP contribution in [0.5, 0.6) is 5.75 Å². The second-order valence-electron chi connectivity index (χ2n) is 15.0. The highest BCUT2D eigenvalue weighted by Gasteiger charge is 2.21. The van der Waals surface area contributed by atoms with E-state index in [1.807, 2.05) is 18.2 Å². The average Bonchev–Trinajstić information content (AvgIpc) is 3.23. The van der Waals surface area contributed by atoms with Gasteiger partial charge < -0.3 is 38.8 Å². The number of hydrogen-bond acceptors (Lipinski definition) is 8. The number of ether oxygens (including phenoxy) is 5. The molecular weight excluding hydrogens is 735 g/mol. The number of carbonyl (C=O) groups is 2. The first-order valence-corrected chi connectivity index (χ1v) is 20.5. The largest absolute Gasteiger partial charge is 0.493 e. The van der Waals surface area contributed by atoms with Gasteiger partial charge in [-0.2, -0.15) is 0 Å². The highest BCUT2D eigenvalue weighted by molar-refractivity contribution is 5.73. The summed E-state index contributed by atoms with van der Waals surface area (Å²) in [5.41, 5.74) is 7.35. The summed E-state index contributed by atoms with van der Waals surface area (Å²) in [6.45, 7) is 1.10. The number of carboxylic acids is 2. The number of carboxylic acid groups (broad SMARTS) is 2. The third kappa shape index (κ3) is 12.8. The van der Waals surface area contributed by atoms with Gasteiger partial charge in [-0.3, -0.25) is 9.59 Å². The lowest BCUT2D eigenvalue weighted by molar-refractivity contribution is -0.138. The van der Waals surface area contributed by atoms with Gasteiger partial charge in [0.25, 0.3) is 0 Å². The summed E-state index contributed by atoms with van der Waals surface area (Å²) in [5, 5.41) is 18.3. The second-order valence-corrected chi connectivity index (χ2v) is 15.0. The molecule has 2 aliphatic carbocycles. The van der Waals surface area contributed by atoms with Gasteiger partial charge in [0, 0.05) is 56.1 Å². The monoisotopic (exact) mass is 789 g/mol. The van der Waals surface area contributed by atoms with Crippen LogP contribution in [0.4, 0.5) is 5.69 Å². The molecule has 10 heteroatoms. The smallest absolute Gasteiger partial charge is 0.303 e. The van der Waals surface area contributed by atoms with Crippen LogP contribution in [-0.2, 0) is 41.4 Å². The molecule has 58 heavy (non-hydrogen) atoms. The molecule has 0 unspecified atom stereocenters. The summed E-state index contributed by atoms with van der Waals surface area (Å²) in [7, 11) is 2.10. The van der Waals surface area contributed by atoms with E-state index in [9.17, 15) is 14.7 Å². The Morgan fingerprint density at radius 1 is 0.724 bits per heavy atom. The summed E-state index contributed by atoms with van der Waals surface area (Å²) < 4.78 is 30.5. The van der Waals surface area contributed by atoms with E-state index in [1.54, 1.807) is 25.0 Å². The molecule has 10 nitrogen and oxygen atoms in total. The van der Waals surface area contributed by atoms with Crippen molar-refractivity contribution in [2.75, 3.05) is 25.1 Å². The number of allylic oxidation sites excluding steroid dienone is 8. The highest BCUT2D eigenvalue weighted by atomic mass is 16.5. The molecule has 0 radical (unpaired) electrons. The Morgan fingerprint density at radius 3 is 1.93 bits per heavy atom. The minimum Gasteiger partial charge on any atom is -0.493 e. The molecule has 6 rings (SSSR count). The van der Waals surface area contributed by atoms with Crippen LogP contribution >= 0.6 is 0 Å². The van der Waals surface area contributed by atoms with E-state index in [0.29, 0.717) is 43.0 Å². The summed E-state index contributed by atoms with van der Waals surface area (Å²) in [4.78, 5) is 24.6. The molecule has 0 atom stereocenters. The molecule has 0 fully saturated rings. The third-order valence-corrected chi connectivity index (χ3v) is 10.5. The van der Waals surface area contributed by atoms with E-state index >= 15 is 0 Å². The number of nitrogens with zero attached hydrogens (tertiary/aromatic N) is 1. The fraction of sp³-hybridized carbons (Fsp3) is 0.375. The zero-order valence-corrected chi connectivity index (χ0v) is 33.5. The fourth-order valence-corrected chi connectivity index (χ4v) is 7.34. The summed E-state index contributed by atoms with van der Waals surface area (Å²) in [6.07, 6.45) is 30.5. The lowest BCUT2D eigenvalue weighted by Gasteiger charge is -2.24. The van der Waals surface area contributed by atoms with Crippen molar-refractivity contribution in [2.24, 2.45) is 0 Å². The first-order valence-electron chi connectivity index (χ1n) is 20.5. The maximum absolute atomic E-state index is 11.4. The topological polar surface area (TPSA) is 124 Å². The standard InChI is InChI=1S/C48H55NO9/c1-49(24-11-3-2-10-18-37-19-12-20-44(43(37)22-23-48(52)53)56-25-13-21-47(50)51)40-29-38(45-33-54-31-41(57-45)26-35-14-6-4-7-15-35)28-39(30-40)46-34-55-32-42(58-46)27-36-16-8-5-9-17-36/h4-6,8,12,14,16,19-20,28-34H,2-3,7,9-11,13,15,17-18,21-27H2,1H3,(H,50,51)(H,52,53). The lowest BCUT2D eigenvalue weighted by Crippen LogP contribution is -2.19. The minimum absolute atomic E-state index is 0.00647. The average molecular weight is 790 g/mol. The van der Waals surface area contributed by atoms with Gasteiger partial charge in [0.15, 0.2) is 11.5 Å². The summed E-state index contributed by atoms with van der Waals surface area (Å²) >= 11 is 0. The van der Waals surface area contributed by atoms with Gasteiger partial charge in [-0.1, -0.05) is 72.6 Å². The molecule has 0 saturated carbocycles. The molecule has 2 aromatic rings. The van der Waals surface area contributed by atoms with Crippen LogP contribution in [0, 0.1) is 0 Å². The number of anilines is 1. The molecule has 4 aliphatic rings. The van der Waals surface area contributed by atoms with Crippen molar-refractivity contribution in [3.8, 4) is 5.75 Å². The van der Waals surface area contributed by atoms with Gasteiger partial charge in [0.05, 0.1) is 6.61 Å². The second kappa shape index (κ2) is 21.6. The van der Waals surface area contributed by atoms with Crippen molar-refractivity contribution < 1.29 is 43.5 Å². The first kappa shape index (κ1) is 41.7. The molecule has 2 heterocycles. The van der Waals surface area contributed by atoms with Gasteiger partial charge in [0.1, 0.15) is 42.3 Å². The van der Waals surface area contributed by atoms with Crippen molar-refractivity contribution in [3.05, 3.63) is 143 Å². The van der Waals surface area contributed by atoms with Gasteiger partial charge in [-0.25, -0.2) is 0 Å². The zero-order valence-electron chi connectivity index (χ0n) is 33.5. The Kier molecular flexibility index (Phi) is 15.5. The molecule has 0 amide bonds. The minimum atomic E-state index is -0.864. The SMILES string of the molecule is CN(CCCCCCc1cccc(OCCCC(=O)O)c1CCC(=O)O)c1cc(C2=COC=C(CC3=CC=CCC3)O2)cc(C2=COC=C(CC3=CC=CCC3)O2)c1. The molecule has 2 N–H and O–H groups in total. The van der Waals surface area contributed by atoms with Gasteiger partial charge in [-0.05, 0) is 93.2 Å². The van der Waals surface area contributed by atoms with E-state index in [-0.39, 0.29) is 19.4 Å². The molecule has 2 aromatic carbocycles. The molecule has 2 aliphatic heterocycles. The van der Waals surface area contributed by atoms with E-state index in [0.717, 1.165) is 104 Å². The molecule has 0 spiro atoms. The Bertz CT molecular complexity index is 1940. The number of aryl methyl sites for hydroxylation is 1. The quantitative estimate of drug-likeness (QED) is 0.111. The predicted octanol–water partition coefficient (Wildman–Crippen LogP) is 10.9.